The molecule has 0 aromatic heterocycles. The van der Waals surface area contributed by atoms with Gasteiger partial charge in [-0.3, -0.25) is 15.0 Å². The number of hydrogen-bond acceptors (Lipinski definition) is 4. The number of nitrogens with zero attached hydrogens (tertiary/aromatic N) is 2. The Morgan fingerprint density at radius 2 is 2.31 bits per heavy atom. The fourth-order valence-electron chi connectivity index (χ4n) is 1.73. The lowest BCUT2D eigenvalue weighted by Crippen LogP contribution is -2.29. The molecule has 0 aliphatic carbocycles. The molecule has 13 heavy (non-hydrogen) atoms. The molecule has 0 radical (unpaired) electrons. The van der Waals surface area contributed by atoms with Crippen LogP contribution >= 0.6 is 0 Å². The number of likely N-dealkylation sites (tertiary alicyclic amines) is 1. The third-order valence-corrected chi connectivity index (χ3v) is 2.53. The highest BCUT2D eigenvalue weighted by Gasteiger charge is 2.37. The van der Waals surface area contributed by atoms with Crippen molar-refractivity contribution in [3.05, 3.63) is 10.1 Å². The van der Waals surface area contributed by atoms with Crippen LogP contribution in [-0.4, -0.2) is 49.2 Å². The van der Waals surface area contributed by atoms with Crippen LogP contribution in [0.2, 0.25) is 0 Å². The van der Waals surface area contributed by atoms with E-state index in [1.165, 1.54) is 0 Å². The zero-order valence-electron chi connectivity index (χ0n) is 8.10. The van der Waals surface area contributed by atoms with Crippen LogP contribution in [0.4, 0.5) is 0 Å². The highest BCUT2D eigenvalue weighted by atomic mass is 16.6. The highest BCUT2D eigenvalue weighted by molar-refractivity contribution is 4.81. The zero-order valence-corrected chi connectivity index (χ0v) is 8.10. The minimum atomic E-state index is -0.392. The van der Waals surface area contributed by atoms with E-state index < -0.39 is 6.04 Å². The summed E-state index contributed by atoms with van der Waals surface area (Å²) in [5, 5.41) is 10.6. The van der Waals surface area contributed by atoms with E-state index in [1.807, 2.05) is 6.92 Å². The van der Waals surface area contributed by atoms with Gasteiger partial charge in [-0.2, -0.15) is 0 Å². The van der Waals surface area contributed by atoms with Crippen LogP contribution in [0.15, 0.2) is 0 Å². The SMILES string of the molecule is COCCN1C[C@@H](C)[C@H]([N+](=O)[O-])C1. The van der Waals surface area contributed by atoms with Crippen LogP contribution in [0, 0.1) is 16.0 Å². The van der Waals surface area contributed by atoms with E-state index in [0.717, 1.165) is 13.1 Å². The van der Waals surface area contributed by atoms with E-state index in [1.54, 1.807) is 7.11 Å². The molecule has 1 rings (SSSR count). The summed E-state index contributed by atoms with van der Waals surface area (Å²) >= 11 is 0. The average Bonchev–Trinajstić information content (AvgIpc) is 2.43. The third-order valence-electron chi connectivity index (χ3n) is 2.53. The largest absolute Gasteiger partial charge is 0.383 e. The zero-order chi connectivity index (χ0) is 9.84. The summed E-state index contributed by atoms with van der Waals surface area (Å²) in [5.74, 6) is 0.159. The molecule has 1 saturated heterocycles. The second-order valence-electron chi connectivity index (χ2n) is 3.58. The Morgan fingerprint density at radius 1 is 1.62 bits per heavy atom. The van der Waals surface area contributed by atoms with Crippen LogP contribution in [-0.2, 0) is 4.74 Å². The van der Waals surface area contributed by atoms with Crippen molar-refractivity contribution in [3.63, 3.8) is 0 Å². The maximum atomic E-state index is 10.6. The Balaban J connectivity index is 2.36. The molecule has 5 heteroatoms. The molecule has 0 amide bonds. The lowest BCUT2D eigenvalue weighted by molar-refractivity contribution is -0.525. The Kier molecular flexibility index (Phi) is 3.62. The molecule has 0 aromatic rings. The summed E-state index contributed by atoms with van der Waals surface area (Å²) < 4.78 is 4.92. The van der Waals surface area contributed by atoms with E-state index in [9.17, 15) is 10.1 Å². The molecule has 0 spiro atoms. The predicted molar refractivity (Wildman–Crippen MR) is 48.3 cm³/mol. The average molecular weight is 188 g/mol. The first-order chi connectivity index (χ1) is 6.15. The Labute approximate surface area is 77.8 Å². The monoisotopic (exact) mass is 188 g/mol. The number of methoxy groups -OCH3 is 1. The van der Waals surface area contributed by atoms with E-state index in [4.69, 9.17) is 4.74 Å². The van der Waals surface area contributed by atoms with Gasteiger partial charge in [-0.15, -0.1) is 0 Å². The minimum absolute atomic E-state index is 0.159. The summed E-state index contributed by atoms with van der Waals surface area (Å²) in [6.45, 7) is 4.76. The molecule has 0 N–H and O–H groups in total. The first-order valence-corrected chi connectivity index (χ1v) is 4.50. The van der Waals surface area contributed by atoms with Crippen LogP contribution in [0.25, 0.3) is 0 Å². The Hall–Kier alpha value is -0.680. The van der Waals surface area contributed by atoms with Crippen molar-refractivity contribution < 1.29 is 9.66 Å². The van der Waals surface area contributed by atoms with Crippen LogP contribution in [0.3, 0.4) is 0 Å². The van der Waals surface area contributed by atoms with Crippen LogP contribution in [0.5, 0.6) is 0 Å². The summed E-state index contributed by atoms with van der Waals surface area (Å²) in [6.07, 6.45) is 0. The first-order valence-electron chi connectivity index (χ1n) is 4.50. The molecule has 2 atom stereocenters. The van der Waals surface area contributed by atoms with E-state index in [0.29, 0.717) is 13.2 Å². The second-order valence-corrected chi connectivity index (χ2v) is 3.58. The Bertz CT molecular complexity index is 186. The molecular weight excluding hydrogens is 172 g/mol. The summed E-state index contributed by atoms with van der Waals surface area (Å²) in [7, 11) is 1.64. The van der Waals surface area contributed by atoms with Crippen molar-refractivity contribution >= 4 is 0 Å². The fourth-order valence-corrected chi connectivity index (χ4v) is 1.73. The topological polar surface area (TPSA) is 55.6 Å². The molecular formula is C8H16N2O3. The minimum Gasteiger partial charge on any atom is -0.383 e. The van der Waals surface area contributed by atoms with Gasteiger partial charge in [0.05, 0.1) is 13.2 Å². The lowest BCUT2D eigenvalue weighted by Gasteiger charge is -2.12. The van der Waals surface area contributed by atoms with Gasteiger partial charge >= 0.3 is 0 Å². The number of ether oxygens (including phenoxy) is 1. The fraction of sp³-hybridized carbons (Fsp3) is 1.00. The maximum absolute atomic E-state index is 10.6. The molecule has 76 valence electrons. The molecule has 0 saturated carbocycles. The molecule has 1 aliphatic rings. The predicted octanol–water partition coefficient (Wildman–Crippen LogP) is 0.230. The van der Waals surface area contributed by atoms with Crippen LogP contribution in [0.1, 0.15) is 6.92 Å². The quantitative estimate of drug-likeness (QED) is 0.468. The molecule has 0 unspecified atom stereocenters. The van der Waals surface area contributed by atoms with Gasteiger partial charge in [0.25, 0.3) is 0 Å². The molecule has 1 heterocycles. The standard InChI is InChI=1S/C8H16N2O3/c1-7-5-9(3-4-13-2)6-8(7)10(11)12/h7-8H,3-6H2,1-2H3/t7-,8-/m1/s1. The van der Waals surface area contributed by atoms with Gasteiger partial charge in [-0.25, -0.2) is 0 Å². The van der Waals surface area contributed by atoms with Gasteiger partial charge in [0, 0.05) is 31.0 Å². The number of rotatable bonds is 4. The van der Waals surface area contributed by atoms with Gasteiger partial charge in [-0.05, 0) is 0 Å². The number of nitro groups is 1. The van der Waals surface area contributed by atoms with Crippen molar-refractivity contribution in [2.45, 2.75) is 13.0 Å². The molecule has 1 aliphatic heterocycles. The number of hydrogen-bond donors (Lipinski definition) is 0. The lowest BCUT2D eigenvalue weighted by atomic mass is 10.1. The van der Waals surface area contributed by atoms with E-state index in [2.05, 4.69) is 4.90 Å². The van der Waals surface area contributed by atoms with Gasteiger partial charge in [0.15, 0.2) is 0 Å². The highest BCUT2D eigenvalue weighted by Crippen LogP contribution is 2.18. The maximum Gasteiger partial charge on any atom is 0.229 e. The van der Waals surface area contributed by atoms with Gasteiger partial charge in [-0.1, -0.05) is 6.92 Å². The van der Waals surface area contributed by atoms with Crippen LogP contribution < -0.4 is 0 Å². The van der Waals surface area contributed by atoms with E-state index in [-0.39, 0.29) is 10.8 Å². The first kappa shape index (κ1) is 10.4. The van der Waals surface area contributed by atoms with Crippen molar-refractivity contribution in [3.8, 4) is 0 Å². The Morgan fingerprint density at radius 3 is 2.77 bits per heavy atom. The molecule has 1 fully saturated rings. The van der Waals surface area contributed by atoms with Gasteiger partial charge in [0.2, 0.25) is 6.04 Å². The molecule has 5 nitrogen and oxygen atoms in total. The third kappa shape index (κ3) is 2.63. The van der Waals surface area contributed by atoms with Crippen molar-refractivity contribution in [2.75, 3.05) is 33.4 Å². The van der Waals surface area contributed by atoms with Gasteiger partial charge < -0.3 is 4.74 Å². The molecule has 0 bridgehead atoms. The summed E-state index contributed by atoms with van der Waals surface area (Å²) in [5.41, 5.74) is 0. The van der Waals surface area contributed by atoms with Gasteiger partial charge in [0.1, 0.15) is 0 Å². The normalized spacial score (nSPS) is 29.4. The summed E-state index contributed by atoms with van der Waals surface area (Å²) in [6, 6.07) is -0.392. The second kappa shape index (κ2) is 4.53. The molecule has 0 aromatic carbocycles. The van der Waals surface area contributed by atoms with Crippen molar-refractivity contribution in [2.24, 2.45) is 5.92 Å². The van der Waals surface area contributed by atoms with Crippen molar-refractivity contribution in [1.29, 1.82) is 0 Å². The van der Waals surface area contributed by atoms with E-state index >= 15 is 0 Å². The smallest absolute Gasteiger partial charge is 0.229 e. The van der Waals surface area contributed by atoms with Crippen molar-refractivity contribution in [1.82, 2.24) is 4.90 Å². The summed E-state index contributed by atoms with van der Waals surface area (Å²) in [4.78, 5) is 12.5.